The maximum atomic E-state index is 10.7. The Morgan fingerprint density at radius 2 is 1.67 bits per heavy atom. The van der Waals surface area contributed by atoms with Crippen LogP contribution < -0.4 is 0 Å². The topological polar surface area (TPSA) is 76.1 Å². The van der Waals surface area contributed by atoms with E-state index in [1.807, 2.05) is 0 Å². The van der Waals surface area contributed by atoms with E-state index in [1.165, 1.54) is 0 Å². The molecule has 0 aliphatic carbocycles. The van der Waals surface area contributed by atoms with Crippen molar-refractivity contribution >= 4 is 11.9 Å². The second-order valence-electron chi connectivity index (χ2n) is 1.70. The van der Waals surface area contributed by atoms with Gasteiger partial charge in [-0.1, -0.05) is 5.23 Å². The number of hydroxylamine groups is 2. The first kappa shape index (κ1) is 10.9. The molecule has 0 rings (SSSR count). The van der Waals surface area contributed by atoms with Gasteiger partial charge >= 0.3 is 11.9 Å². The number of amides is 1. The molecule has 0 radical (unpaired) electrons. The molecule has 0 atom stereocenters. The van der Waals surface area contributed by atoms with E-state index in [1.54, 1.807) is 13.8 Å². The molecule has 0 unspecified atom stereocenters. The largest absolute Gasteiger partial charge is 0.474 e. The monoisotopic (exact) mass is 177 g/mol. The molecule has 0 aromatic rings. The maximum Gasteiger partial charge on any atom is 0.399 e. The average molecular weight is 177 g/mol. The van der Waals surface area contributed by atoms with Crippen molar-refractivity contribution in [1.29, 1.82) is 0 Å². The van der Waals surface area contributed by atoms with Crippen LogP contribution in [-0.2, 0) is 19.3 Å². The summed E-state index contributed by atoms with van der Waals surface area (Å²) in [5.74, 6) is -2.85. The highest BCUT2D eigenvalue weighted by Crippen LogP contribution is 1.93. The molecule has 6 heteroatoms. The fraction of sp³-hybridized carbons (Fsp3) is 0.667. The van der Waals surface area contributed by atoms with Crippen LogP contribution in [0.25, 0.3) is 0 Å². The van der Waals surface area contributed by atoms with E-state index < -0.39 is 11.9 Å². The Morgan fingerprint density at radius 3 is 1.92 bits per heavy atom. The summed E-state index contributed by atoms with van der Waals surface area (Å²) < 4.78 is 0. The zero-order valence-corrected chi connectivity index (χ0v) is 6.94. The number of carbonyl (C=O) groups is 2. The second-order valence-corrected chi connectivity index (χ2v) is 1.70. The fourth-order valence-corrected chi connectivity index (χ4v) is 0.467. The Labute approximate surface area is 69.6 Å². The molecule has 0 aromatic carbocycles. The second kappa shape index (κ2) is 5.50. The number of hydrogen-bond donors (Lipinski definition) is 1. The predicted molar refractivity (Wildman–Crippen MR) is 37.7 cm³/mol. The first-order valence-corrected chi connectivity index (χ1v) is 3.46. The van der Waals surface area contributed by atoms with E-state index in [4.69, 9.17) is 5.11 Å². The lowest BCUT2D eigenvalue weighted by atomic mass is 10.6. The molecule has 6 nitrogen and oxygen atoms in total. The Hall–Kier alpha value is -1.14. The van der Waals surface area contributed by atoms with Crippen LogP contribution in [0.2, 0.25) is 0 Å². The first-order chi connectivity index (χ1) is 5.63. The summed E-state index contributed by atoms with van der Waals surface area (Å²) in [6.07, 6.45) is 0. The smallest absolute Gasteiger partial charge is 0.399 e. The summed E-state index contributed by atoms with van der Waals surface area (Å²) in [5.41, 5.74) is 0. The normalized spacial score (nSPS) is 9.50. The van der Waals surface area contributed by atoms with Crippen molar-refractivity contribution in [2.75, 3.05) is 13.2 Å². The quantitative estimate of drug-likeness (QED) is 0.475. The van der Waals surface area contributed by atoms with Crippen LogP contribution in [-0.4, -0.2) is 35.4 Å². The zero-order valence-electron chi connectivity index (χ0n) is 6.94. The lowest BCUT2D eigenvalue weighted by Gasteiger charge is -2.16. The fourth-order valence-electron chi connectivity index (χ4n) is 0.467. The molecule has 0 fully saturated rings. The molecule has 1 amide bonds. The highest BCUT2D eigenvalue weighted by Gasteiger charge is 2.22. The number of carboxylic acids is 1. The van der Waals surface area contributed by atoms with Crippen LogP contribution >= 0.6 is 0 Å². The van der Waals surface area contributed by atoms with Gasteiger partial charge in [0.05, 0.1) is 13.2 Å². The molecule has 12 heavy (non-hydrogen) atoms. The van der Waals surface area contributed by atoms with Crippen LogP contribution in [0.1, 0.15) is 13.8 Å². The Kier molecular flexibility index (Phi) is 4.98. The minimum absolute atomic E-state index is 0.166. The summed E-state index contributed by atoms with van der Waals surface area (Å²) in [5, 5.41) is 8.62. The van der Waals surface area contributed by atoms with E-state index >= 15 is 0 Å². The summed E-state index contributed by atoms with van der Waals surface area (Å²) in [7, 11) is 0. The Bertz CT molecular complexity index is 163. The summed E-state index contributed by atoms with van der Waals surface area (Å²) in [4.78, 5) is 30.0. The van der Waals surface area contributed by atoms with Crippen molar-refractivity contribution in [2.45, 2.75) is 13.8 Å². The van der Waals surface area contributed by atoms with Gasteiger partial charge < -0.3 is 5.11 Å². The number of aliphatic carboxylic acids is 1. The third-order valence-electron chi connectivity index (χ3n) is 0.841. The molecule has 0 bridgehead atoms. The van der Waals surface area contributed by atoms with E-state index in [0.717, 1.165) is 0 Å². The molecule has 1 N–H and O–H groups in total. The molecule has 0 saturated heterocycles. The van der Waals surface area contributed by atoms with Crippen LogP contribution in [0, 0.1) is 0 Å². The van der Waals surface area contributed by atoms with Crippen molar-refractivity contribution in [2.24, 2.45) is 0 Å². The lowest BCUT2D eigenvalue weighted by Crippen LogP contribution is -2.36. The standard InChI is InChI=1S/C6H11NO5/c1-3-11-7(12-4-2)5(8)6(9)10/h3-4H2,1-2H3,(H,9,10). The first-order valence-electron chi connectivity index (χ1n) is 3.46. The SMILES string of the molecule is CCON(OCC)C(=O)C(=O)O. The molecule has 0 spiro atoms. The van der Waals surface area contributed by atoms with E-state index in [-0.39, 0.29) is 13.2 Å². The van der Waals surface area contributed by atoms with Gasteiger partial charge in [0, 0.05) is 0 Å². The molecular formula is C6H11NO5. The zero-order chi connectivity index (χ0) is 9.56. The van der Waals surface area contributed by atoms with Gasteiger partial charge in [-0.05, 0) is 13.8 Å². The molecule has 0 aromatic heterocycles. The molecule has 0 aliphatic rings. The Morgan fingerprint density at radius 1 is 1.25 bits per heavy atom. The molecular weight excluding hydrogens is 166 g/mol. The van der Waals surface area contributed by atoms with Gasteiger partial charge in [-0.3, -0.25) is 4.79 Å². The summed E-state index contributed by atoms with van der Waals surface area (Å²) in [6.45, 7) is 3.56. The number of hydrogen-bond acceptors (Lipinski definition) is 4. The molecule has 0 aliphatic heterocycles. The van der Waals surface area contributed by atoms with Gasteiger partial charge in [0.15, 0.2) is 0 Å². The van der Waals surface area contributed by atoms with Crippen molar-refractivity contribution < 1.29 is 24.4 Å². The summed E-state index contributed by atoms with van der Waals surface area (Å²) in [6, 6.07) is 0. The number of carboxylic acid groups (broad SMARTS) is 1. The van der Waals surface area contributed by atoms with Crippen LogP contribution in [0.15, 0.2) is 0 Å². The highest BCUT2D eigenvalue weighted by atomic mass is 17.0. The number of carbonyl (C=O) groups excluding carboxylic acids is 1. The van der Waals surface area contributed by atoms with Crippen LogP contribution in [0.3, 0.4) is 0 Å². The predicted octanol–water partition coefficient (Wildman–Crippen LogP) is -0.197. The van der Waals surface area contributed by atoms with Crippen LogP contribution in [0.5, 0.6) is 0 Å². The van der Waals surface area contributed by atoms with Gasteiger partial charge in [-0.25, -0.2) is 14.5 Å². The van der Waals surface area contributed by atoms with Gasteiger partial charge in [-0.15, -0.1) is 0 Å². The third kappa shape index (κ3) is 3.31. The van der Waals surface area contributed by atoms with Crippen molar-refractivity contribution in [3.8, 4) is 0 Å². The van der Waals surface area contributed by atoms with Crippen LogP contribution in [0.4, 0.5) is 0 Å². The minimum atomic E-state index is -1.61. The third-order valence-corrected chi connectivity index (χ3v) is 0.841. The van der Waals surface area contributed by atoms with Crippen molar-refractivity contribution in [3.63, 3.8) is 0 Å². The van der Waals surface area contributed by atoms with Gasteiger partial charge in [0.25, 0.3) is 0 Å². The lowest BCUT2D eigenvalue weighted by molar-refractivity contribution is -0.336. The average Bonchev–Trinajstić information content (AvgIpc) is 2.03. The minimum Gasteiger partial charge on any atom is -0.474 e. The van der Waals surface area contributed by atoms with Gasteiger partial charge in [-0.2, -0.15) is 0 Å². The molecule has 70 valence electrons. The number of rotatable bonds is 4. The van der Waals surface area contributed by atoms with Crippen molar-refractivity contribution in [3.05, 3.63) is 0 Å². The summed E-state index contributed by atoms with van der Waals surface area (Å²) >= 11 is 0. The maximum absolute atomic E-state index is 10.7. The van der Waals surface area contributed by atoms with Gasteiger partial charge in [0.2, 0.25) is 0 Å². The van der Waals surface area contributed by atoms with E-state index in [0.29, 0.717) is 5.23 Å². The Balaban J connectivity index is 4.08. The molecule has 0 heterocycles. The number of nitrogens with zero attached hydrogens (tertiary/aromatic N) is 1. The van der Waals surface area contributed by atoms with Crippen molar-refractivity contribution in [1.82, 2.24) is 5.23 Å². The molecule has 0 saturated carbocycles. The highest BCUT2D eigenvalue weighted by molar-refractivity contribution is 6.30. The van der Waals surface area contributed by atoms with Gasteiger partial charge in [0.1, 0.15) is 0 Å². The van der Waals surface area contributed by atoms with E-state index in [2.05, 4.69) is 9.68 Å². The van der Waals surface area contributed by atoms with E-state index in [9.17, 15) is 9.59 Å².